The molecule has 5 rings (SSSR count). The van der Waals surface area contributed by atoms with Crippen LogP contribution in [0, 0.1) is 46.3 Å². The summed E-state index contributed by atoms with van der Waals surface area (Å²) in [5.74, 6) is 3.95. The fourth-order valence-electron chi connectivity index (χ4n) is 11.2. The Balaban J connectivity index is 1.32. The van der Waals surface area contributed by atoms with E-state index in [0.717, 1.165) is 51.5 Å². The van der Waals surface area contributed by atoms with Crippen LogP contribution in [0.1, 0.15) is 131 Å². The van der Waals surface area contributed by atoms with Crippen LogP contribution >= 0.6 is 0 Å². The first kappa shape index (κ1) is 35.0. The van der Waals surface area contributed by atoms with Crippen molar-refractivity contribution in [2.24, 2.45) is 46.3 Å². The van der Waals surface area contributed by atoms with Crippen LogP contribution in [0.5, 0.6) is 0 Å². The summed E-state index contributed by atoms with van der Waals surface area (Å²) in [6.45, 7) is 15.2. The van der Waals surface area contributed by atoms with E-state index >= 15 is 0 Å². The highest BCUT2D eigenvalue weighted by atomic mass is 16.7. The number of hydrogen-bond donors (Lipinski definition) is 2. The van der Waals surface area contributed by atoms with Crippen LogP contribution in [0.4, 0.5) is 0 Å². The molecule has 0 radical (unpaired) electrons. The van der Waals surface area contributed by atoms with Gasteiger partial charge in [-0.3, -0.25) is 24.1 Å². The van der Waals surface area contributed by atoms with E-state index in [1.54, 1.807) is 0 Å². The van der Waals surface area contributed by atoms with Crippen molar-refractivity contribution in [2.45, 2.75) is 150 Å². The third-order valence-electron chi connectivity index (χ3n) is 13.7. The maximum atomic E-state index is 12.6. The van der Waals surface area contributed by atoms with Crippen molar-refractivity contribution in [3.8, 4) is 0 Å². The average Bonchev–Trinajstić information content (AvgIpc) is 3.63. The van der Waals surface area contributed by atoms with Gasteiger partial charge in [-0.25, -0.2) is 0 Å². The monoisotopic (exact) mass is 629 g/mol. The van der Waals surface area contributed by atoms with Crippen molar-refractivity contribution < 1.29 is 24.1 Å². The third-order valence-corrected chi connectivity index (χ3v) is 13.7. The highest BCUT2D eigenvalue weighted by Crippen LogP contribution is 2.68. The smallest absolute Gasteiger partial charge is 0.219 e. The fourth-order valence-corrected chi connectivity index (χ4v) is 11.2. The number of ketones is 2. The van der Waals surface area contributed by atoms with Crippen LogP contribution in [0.2, 0.25) is 0 Å². The second-order valence-corrected chi connectivity index (χ2v) is 15.9. The van der Waals surface area contributed by atoms with Gasteiger partial charge in [-0.05, 0) is 124 Å². The van der Waals surface area contributed by atoms with E-state index in [1.807, 2.05) is 25.8 Å². The van der Waals surface area contributed by atoms with Gasteiger partial charge >= 0.3 is 0 Å². The SMILES string of the molecule is CCNC(=O)CCC(C)C1CCC2C3C(ONCC(=O)CC)C[C@@H]4C[C@H](ON5CCC[C@H]5C(=O)CC)CC[C@]4(C)C3CC[C@]12C. The van der Waals surface area contributed by atoms with Gasteiger partial charge in [0.15, 0.2) is 5.78 Å². The first-order valence-electron chi connectivity index (χ1n) is 18.7. The van der Waals surface area contributed by atoms with E-state index < -0.39 is 0 Å². The van der Waals surface area contributed by atoms with Gasteiger partial charge in [0.25, 0.3) is 0 Å². The molecule has 0 aromatic heterocycles. The van der Waals surface area contributed by atoms with E-state index in [0.29, 0.717) is 67.1 Å². The molecule has 11 atom stereocenters. The quantitative estimate of drug-likeness (QED) is 0.214. The number of carbonyl (C=O) groups is 3. The molecule has 1 saturated heterocycles. The fraction of sp³-hybridized carbons (Fsp3) is 0.919. The molecule has 6 unspecified atom stereocenters. The summed E-state index contributed by atoms with van der Waals surface area (Å²) in [4.78, 5) is 50.3. The molecule has 5 fully saturated rings. The van der Waals surface area contributed by atoms with Crippen molar-refractivity contribution in [1.29, 1.82) is 0 Å². The minimum atomic E-state index is -0.0785. The van der Waals surface area contributed by atoms with E-state index in [-0.39, 0.29) is 47.3 Å². The zero-order chi connectivity index (χ0) is 32.4. The largest absolute Gasteiger partial charge is 0.356 e. The summed E-state index contributed by atoms with van der Waals surface area (Å²) in [7, 11) is 0. The van der Waals surface area contributed by atoms with Gasteiger partial charge in [0.1, 0.15) is 5.78 Å². The molecular weight excluding hydrogens is 566 g/mol. The molecular formula is C37H63N3O5. The Bertz CT molecular complexity index is 1050. The van der Waals surface area contributed by atoms with Crippen LogP contribution in [0.25, 0.3) is 0 Å². The lowest BCUT2D eigenvalue weighted by atomic mass is 9.43. The van der Waals surface area contributed by atoms with Crippen molar-refractivity contribution in [3.63, 3.8) is 0 Å². The number of amides is 1. The summed E-state index contributed by atoms with van der Waals surface area (Å²) in [5.41, 5.74) is 3.64. The molecule has 4 saturated carbocycles. The van der Waals surface area contributed by atoms with Crippen LogP contribution in [0.15, 0.2) is 0 Å². The Morgan fingerprint density at radius 1 is 0.933 bits per heavy atom. The Hall–Kier alpha value is -1.35. The lowest BCUT2D eigenvalue weighted by molar-refractivity contribution is -0.245. The predicted molar refractivity (Wildman–Crippen MR) is 176 cm³/mol. The second kappa shape index (κ2) is 14.8. The van der Waals surface area contributed by atoms with E-state index in [1.165, 1.54) is 25.7 Å². The number of hydrogen-bond acceptors (Lipinski definition) is 7. The Morgan fingerprint density at radius 3 is 2.42 bits per heavy atom. The lowest BCUT2D eigenvalue weighted by Crippen LogP contribution is -2.60. The first-order valence-corrected chi connectivity index (χ1v) is 18.7. The van der Waals surface area contributed by atoms with Crippen LogP contribution < -0.4 is 10.8 Å². The van der Waals surface area contributed by atoms with E-state index in [9.17, 15) is 14.4 Å². The van der Waals surface area contributed by atoms with Gasteiger partial charge in [-0.1, -0.05) is 34.6 Å². The zero-order valence-corrected chi connectivity index (χ0v) is 29.2. The second-order valence-electron chi connectivity index (χ2n) is 15.9. The molecule has 1 amide bonds. The number of rotatable bonds is 14. The first-order chi connectivity index (χ1) is 21.5. The van der Waals surface area contributed by atoms with E-state index in [2.05, 4.69) is 31.6 Å². The van der Waals surface area contributed by atoms with Crippen LogP contribution in [-0.2, 0) is 24.1 Å². The number of nitrogens with one attached hydrogen (secondary N) is 2. The van der Waals surface area contributed by atoms with Crippen molar-refractivity contribution >= 4 is 17.5 Å². The maximum absolute atomic E-state index is 12.6. The maximum Gasteiger partial charge on any atom is 0.219 e. The summed E-state index contributed by atoms with van der Waals surface area (Å²) >= 11 is 0. The minimum absolute atomic E-state index is 0.0756. The predicted octanol–water partition coefficient (Wildman–Crippen LogP) is 6.42. The van der Waals surface area contributed by atoms with Crippen LogP contribution in [-0.4, -0.2) is 60.4 Å². The van der Waals surface area contributed by atoms with Crippen molar-refractivity contribution in [1.82, 2.24) is 15.9 Å². The summed E-state index contributed by atoms with van der Waals surface area (Å²) in [5, 5.41) is 5.00. The summed E-state index contributed by atoms with van der Waals surface area (Å²) in [6.07, 6.45) is 14.0. The molecule has 8 nitrogen and oxygen atoms in total. The molecule has 2 N–H and O–H groups in total. The summed E-state index contributed by atoms with van der Waals surface area (Å²) in [6, 6.07) is -0.0785. The standard InChI is InChI=1S/C37H63N3O5/c1-7-26(41)23-39-44-33-22-25-21-27(45-40-20-10-11-31(40)32(42)8-2)16-18-36(25,5)30-17-19-37(6)28(13-14-29(37)35(30)33)24(4)12-15-34(43)38-9-3/h24-25,27-31,33,35,39H,7-23H2,1-6H3,(H,38,43)/t24?,25-,27+,28?,29?,30?,31-,33?,35?,36-,37+/m0/s1. The van der Waals surface area contributed by atoms with E-state index in [4.69, 9.17) is 9.68 Å². The average molecular weight is 630 g/mol. The normalized spacial score (nSPS) is 40.3. The number of nitrogens with zero attached hydrogens (tertiary/aromatic N) is 1. The van der Waals surface area contributed by atoms with Gasteiger partial charge in [-0.15, -0.1) is 0 Å². The Kier molecular flexibility index (Phi) is 11.5. The summed E-state index contributed by atoms with van der Waals surface area (Å²) < 4.78 is 0. The molecule has 256 valence electrons. The molecule has 1 aliphatic heterocycles. The molecule has 0 spiro atoms. The number of Topliss-reactive ketones (excluding diaryl/α,β-unsaturated/α-hetero) is 2. The van der Waals surface area contributed by atoms with Gasteiger partial charge < -0.3 is 5.32 Å². The molecule has 0 bridgehead atoms. The highest BCUT2D eigenvalue weighted by Gasteiger charge is 2.63. The molecule has 4 aliphatic carbocycles. The lowest BCUT2D eigenvalue weighted by Gasteiger charge is -2.63. The number of fused-ring (bicyclic) bond motifs is 5. The number of hydroxylamine groups is 3. The number of carbonyl (C=O) groups excluding carboxylic acids is 3. The molecule has 5 aliphatic rings. The Morgan fingerprint density at radius 2 is 1.69 bits per heavy atom. The van der Waals surface area contributed by atoms with Gasteiger partial charge in [0.2, 0.25) is 5.91 Å². The molecule has 0 aromatic carbocycles. The molecule has 8 heteroatoms. The van der Waals surface area contributed by atoms with Crippen LogP contribution in [0.3, 0.4) is 0 Å². The third kappa shape index (κ3) is 7.10. The topological polar surface area (TPSA) is 97.0 Å². The molecule has 0 aromatic rings. The van der Waals surface area contributed by atoms with Crippen molar-refractivity contribution in [3.05, 3.63) is 0 Å². The van der Waals surface area contributed by atoms with Crippen molar-refractivity contribution in [2.75, 3.05) is 19.6 Å². The van der Waals surface area contributed by atoms with Gasteiger partial charge in [-0.2, -0.15) is 10.5 Å². The van der Waals surface area contributed by atoms with Gasteiger partial charge in [0, 0.05) is 32.4 Å². The minimum Gasteiger partial charge on any atom is -0.356 e. The Labute approximate surface area is 272 Å². The van der Waals surface area contributed by atoms with Gasteiger partial charge in [0.05, 0.1) is 24.8 Å². The molecule has 45 heavy (non-hydrogen) atoms. The highest BCUT2D eigenvalue weighted by molar-refractivity contribution is 5.83. The zero-order valence-electron chi connectivity index (χ0n) is 29.2. The molecule has 1 heterocycles.